The van der Waals surface area contributed by atoms with Crippen LogP contribution in [0.1, 0.15) is 38.7 Å². The van der Waals surface area contributed by atoms with Gasteiger partial charge in [-0.2, -0.15) is 5.26 Å². The number of amides is 1. The number of rotatable bonds is 8. The number of carbonyl (C=O) groups excluding carboxylic acids is 1. The van der Waals surface area contributed by atoms with Gasteiger partial charge in [-0.05, 0) is 25.0 Å². The molecule has 0 aliphatic carbocycles. The Balaban J connectivity index is 2.25. The third-order valence-electron chi connectivity index (χ3n) is 3.99. The van der Waals surface area contributed by atoms with Gasteiger partial charge < -0.3 is 9.47 Å². The third-order valence-corrected chi connectivity index (χ3v) is 3.99. The van der Waals surface area contributed by atoms with Gasteiger partial charge in [0.15, 0.2) is 0 Å². The average Bonchev–Trinajstić information content (AvgIpc) is 2.95. The first-order chi connectivity index (χ1) is 11.7. The molecule has 1 aromatic heterocycles. The third kappa shape index (κ3) is 4.26. The van der Waals surface area contributed by atoms with Crippen molar-refractivity contribution in [3.8, 4) is 6.07 Å². The number of hydrogen-bond donors (Lipinski definition) is 0. The van der Waals surface area contributed by atoms with Gasteiger partial charge in [0.05, 0.1) is 12.5 Å². The Morgan fingerprint density at radius 1 is 1.25 bits per heavy atom. The molecule has 1 amide bonds. The Kier molecular flexibility index (Phi) is 6.62. The lowest BCUT2D eigenvalue weighted by Crippen LogP contribution is -2.30. The fraction of sp³-hybridized carbons (Fsp3) is 0.400. The number of carbonyl (C=O) groups is 1. The molecule has 2 rings (SSSR count). The van der Waals surface area contributed by atoms with Crippen molar-refractivity contribution in [1.82, 2.24) is 9.47 Å². The predicted octanol–water partition coefficient (Wildman–Crippen LogP) is 4.22. The maximum atomic E-state index is 12.4. The number of benzene rings is 1. The first-order valence-corrected chi connectivity index (χ1v) is 8.63. The van der Waals surface area contributed by atoms with E-state index in [0.717, 1.165) is 42.4 Å². The second kappa shape index (κ2) is 8.93. The Morgan fingerprint density at radius 2 is 1.96 bits per heavy atom. The van der Waals surface area contributed by atoms with Gasteiger partial charge in [-0.1, -0.05) is 32.0 Å². The summed E-state index contributed by atoms with van der Waals surface area (Å²) in [7, 11) is 0. The molecule has 0 atom stereocenters. The first kappa shape index (κ1) is 17.8. The fourth-order valence-corrected chi connectivity index (χ4v) is 2.90. The van der Waals surface area contributed by atoms with E-state index in [2.05, 4.69) is 30.6 Å². The van der Waals surface area contributed by atoms with Crippen LogP contribution in [0.2, 0.25) is 0 Å². The van der Waals surface area contributed by atoms with Crippen LogP contribution in [0.3, 0.4) is 0 Å². The highest BCUT2D eigenvalue weighted by Crippen LogP contribution is 2.23. The van der Waals surface area contributed by atoms with Gasteiger partial charge in [0.25, 0.3) is 0 Å². The SMILES string of the molecule is CCCN(CCC)C(=O)/C=C/c1cn(CCC#N)c2ccccc12. The van der Waals surface area contributed by atoms with Gasteiger partial charge in [-0.3, -0.25) is 4.79 Å². The topological polar surface area (TPSA) is 49.0 Å². The standard InChI is InChI=1S/C20H25N3O/c1-3-13-22(14-4-2)20(24)11-10-17-16-23(15-7-12-21)19-9-6-5-8-18(17)19/h5-6,8-11,16H,3-4,7,13-15H2,1-2H3/b11-10+. The summed E-state index contributed by atoms with van der Waals surface area (Å²) in [6.45, 7) is 6.42. The smallest absolute Gasteiger partial charge is 0.246 e. The van der Waals surface area contributed by atoms with Crippen LogP contribution < -0.4 is 0 Å². The van der Waals surface area contributed by atoms with Crippen molar-refractivity contribution < 1.29 is 4.79 Å². The van der Waals surface area contributed by atoms with Crippen molar-refractivity contribution in [1.29, 1.82) is 5.26 Å². The normalized spacial score (nSPS) is 11.0. The number of hydrogen-bond acceptors (Lipinski definition) is 2. The van der Waals surface area contributed by atoms with Crippen molar-refractivity contribution in [3.05, 3.63) is 42.1 Å². The molecule has 0 fully saturated rings. The van der Waals surface area contributed by atoms with Crippen molar-refractivity contribution in [2.24, 2.45) is 0 Å². The lowest BCUT2D eigenvalue weighted by Gasteiger charge is -2.19. The van der Waals surface area contributed by atoms with E-state index in [1.807, 2.05) is 35.4 Å². The summed E-state index contributed by atoms with van der Waals surface area (Å²) in [4.78, 5) is 14.3. The summed E-state index contributed by atoms with van der Waals surface area (Å²) in [5, 5.41) is 9.93. The first-order valence-electron chi connectivity index (χ1n) is 8.63. The van der Waals surface area contributed by atoms with Gasteiger partial charge in [0.2, 0.25) is 5.91 Å². The fourth-order valence-electron chi connectivity index (χ4n) is 2.90. The lowest BCUT2D eigenvalue weighted by atomic mass is 10.1. The second-order valence-electron chi connectivity index (χ2n) is 5.86. The molecule has 24 heavy (non-hydrogen) atoms. The van der Waals surface area contributed by atoms with E-state index in [1.165, 1.54) is 0 Å². The van der Waals surface area contributed by atoms with Gasteiger partial charge in [-0.25, -0.2) is 0 Å². The van der Waals surface area contributed by atoms with Gasteiger partial charge >= 0.3 is 0 Å². The summed E-state index contributed by atoms with van der Waals surface area (Å²) in [6, 6.07) is 10.3. The molecule has 0 N–H and O–H groups in total. The molecule has 0 spiro atoms. The zero-order chi connectivity index (χ0) is 17.4. The Morgan fingerprint density at radius 3 is 2.62 bits per heavy atom. The molecule has 0 aliphatic heterocycles. The molecule has 1 heterocycles. The van der Waals surface area contributed by atoms with E-state index in [9.17, 15) is 4.79 Å². The molecule has 1 aromatic carbocycles. The van der Waals surface area contributed by atoms with Crippen LogP contribution in [0.5, 0.6) is 0 Å². The molecule has 0 aliphatic rings. The Labute approximate surface area is 144 Å². The maximum absolute atomic E-state index is 12.4. The van der Waals surface area contributed by atoms with Gasteiger partial charge in [-0.15, -0.1) is 0 Å². The molecule has 0 bridgehead atoms. The van der Waals surface area contributed by atoms with E-state index in [-0.39, 0.29) is 5.91 Å². The van der Waals surface area contributed by atoms with Crippen molar-refractivity contribution in [2.45, 2.75) is 39.7 Å². The molecule has 0 saturated heterocycles. The monoisotopic (exact) mass is 323 g/mol. The molecular formula is C20H25N3O. The van der Waals surface area contributed by atoms with Gasteiger partial charge in [0.1, 0.15) is 0 Å². The van der Waals surface area contributed by atoms with E-state index < -0.39 is 0 Å². The number of aromatic nitrogens is 1. The summed E-state index contributed by atoms with van der Waals surface area (Å²) in [5.74, 6) is 0.0626. The summed E-state index contributed by atoms with van der Waals surface area (Å²) in [5.41, 5.74) is 2.11. The molecule has 4 heteroatoms. The van der Waals surface area contributed by atoms with E-state index in [4.69, 9.17) is 5.26 Å². The number of fused-ring (bicyclic) bond motifs is 1. The predicted molar refractivity (Wildman–Crippen MR) is 98.4 cm³/mol. The van der Waals surface area contributed by atoms with Crippen LogP contribution in [0, 0.1) is 11.3 Å². The van der Waals surface area contributed by atoms with E-state index in [0.29, 0.717) is 13.0 Å². The van der Waals surface area contributed by atoms with Gasteiger partial charge in [0, 0.05) is 48.4 Å². The zero-order valence-corrected chi connectivity index (χ0v) is 14.5. The van der Waals surface area contributed by atoms with E-state index in [1.54, 1.807) is 6.08 Å². The summed E-state index contributed by atoms with van der Waals surface area (Å²) >= 11 is 0. The largest absolute Gasteiger partial charge is 0.346 e. The molecule has 4 nitrogen and oxygen atoms in total. The maximum Gasteiger partial charge on any atom is 0.246 e. The molecule has 0 radical (unpaired) electrons. The minimum absolute atomic E-state index is 0.0626. The number of nitrogens with zero attached hydrogens (tertiary/aromatic N) is 3. The van der Waals surface area contributed by atoms with Crippen LogP contribution >= 0.6 is 0 Å². The highest BCUT2D eigenvalue weighted by Gasteiger charge is 2.09. The van der Waals surface area contributed by atoms with Crippen LogP contribution in [0.4, 0.5) is 0 Å². The van der Waals surface area contributed by atoms with Crippen LogP contribution in [0.25, 0.3) is 17.0 Å². The molecule has 0 unspecified atom stereocenters. The minimum Gasteiger partial charge on any atom is -0.346 e. The average molecular weight is 323 g/mol. The number of aryl methyl sites for hydroxylation is 1. The van der Waals surface area contributed by atoms with Crippen molar-refractivity contribution >= 4 is 22.9 Å². The van der Waals surface area contributed by atoms with Crippen LogP contribution in [0.15, 0.2) is 36.5 Å². The zero-order valence-electron chi connectivity index (χ0n) is 14.5. The highest BCUT2D eigenvalue weighted by atomic mass is 16.2. The molecular weight excluding hydrogens is 298 g/mol. The van der Waals surface area contributed by atoms with Crippen LogP contribution in [-0.4, -0.2) is 28.5 Å². The van der Waals surface area contributed by atoms with Crippen molar-refractivity contribution in [2.75, 3.05) is 13.1 Å². The summed E-state index contributed by atoms with van der Waals surface area (Å²) < 4.78 is 2.08. The number of nitriles is 1. The highest BCUT2D eigenvalue weighted by molar-refractivity contribution is 5.96. The minimum atomic E-state index is 0.0626. The molecule has 0 saturated carbocycles. The Bertz CT molecular complexity index is 746. The van der Waals surface area contributed by atoms with Crippen LogP contribution in [-0.2, 0) is 11.3 Å². The number of para-hydroxylation sites is 1. The molecule has 2 aromatic rings. The second-order valence-corrected chi connectivity index (χ2v) is 5.86. The summed E-state index contributed by atoms with van der Waals surface area (Å²) in [6.07, 6.45) is 7.99. The molecule has 126 valence electrons. The van der Waals surface area contributed by atoms with Crippen molar-refractivity contribution in [3.63, 3.8) is 0 Å². The Hall–Kier alpha value is -2.54. The quantitative estimate of drug-likeness (QED) is 0.683. The lowest BCUT2D eigenvalue weighted by molar-refractivity contribution is -0.126. The van der Waals surface area contributed by atoms with E-state index >= 15 is 0 Å².